The van der Waals surface area contributed by atoms with Crippen molar-refractivity contribution in [1.29, 1.82) is 0 Å². The van der Waals surface area contributed by atoms with Crippen LogP contribution in [0.5, 0.6) is 0 Å². The predicted octanol–water partition coefficient (Wildman–Crippen LogP) is -1.23. The standard InChI is InChI=1S/C20H39N5O6S/c1-11(2)15(22)18(28)23-13(8-10-32-4)17(27)25-16(12(3)26)19(29)24-14(20(30)31)7-5-6-9-21/h11-16,26H,5-10,21-22H2,1-4H3,(H,23,28)(H,24,29)(H,25,27)(H,30,31). The lowest BCUT2D eigenvalue weighted by Crippen LogP contribution is -2.60. The summed E-state index contributed by atoms with van der Waals surface area (Å²) in [4.78, 5) is 49.3. The molecule has 0 fully saturated rings. The van der Waals surface area contributed by atoms with Gasteiger partial charge in [0.25, 0.3) is 0 Å². The molecule has 0 aromatic carbocycles. The van der Waals surface area contributed by atoms with Gasteiger partial charge in [0, 0.05) is 0 Å². The van der Waals surface area contributed by atoms with E-state index in [4.69, 9.17) is 11.5 Å². The third-order valence-electron chi connectivity index (χ3n) is 4.89. The summed E-state index contributed by atoms with van der Waals surface area (Å²) in [5.74, 6) is -2.79. The molecular formula is C20H39N5O6S. The number of nitrogens with one attached hydrogen (secondary N) is 3. The molecule has 0 aliphatic rings. The first kappa shape index (κ1) is 30.1. The summed E-state index contributed by atoms with van der Waals surface area (Å²) in [5.41, 5.74) is 11.3. The Morgan fingerprint density at radius 3 is 1.97 bits per heavy atom. The first-order valence-corrected chi connectivity index (χ1v) is 12.1. The molecule has 0 aliphatic carbocycles. The van der Waals surface area contributed by atoms with Gasteiger partial charge in [0.2, 0.25) is 17.7 Å². The molecule has 32 heavy (non-hydrogen) atoms. The molecule has 0 aromatic heterocycles. The molecule has 5 atom stereocenters. The molecule has 0 aromatic rings. The Morgan fingerprint density at radius 2 is 1.50 bits per heavy atom. The number of thioether (sulfide) groups is 1. The fourth-order valence-electron chi connectivity index (χ4n) is 2.75. The lowest BCUT2D eigenvalue weighted by atomic mass is 10.0. The highest BCUT2D eigenvalue weighted by Gasteiger charge is 2.32. The SMILES string of the molecule is CSCCC(NC(=O)C(N)C(C)C)C(=O)NC(C(=O)NC(CCCCN)C(=O)O)C(C)O. The smallest absolute Gasteiger partial charge is 0.326 e. The van der Waals surface area contributed by atoms with Crippen LogP contribution in [0.1, 0.15) is 46.5 Å². The molecule has 0 bridgehead atoms. The Morgan fingerprint density at radius 1 is 0.906 bits per heavy atom. The number of hydrogen-bond donors (Lipinski definition) is 7. The minimum Gasteiger partial charge on any atom is -0.480 e. The van der Waals surface area contributed by atoms with E-state index in [1.54, 1.807) is 13.8 Å². The Labute approximate surface area is 193 Å². The van der Waals surface area contributed by atoms with Crippen molar-refractivity contribution in [3.05, 3.63) is 0 Å². The lowest BCUT2D eigenvalue weighted by Gasteiger charge is -2.27. The molecule has 0 heterocycles. The minimum absolute atomic E-state index is 0.137. The maximum absolute atomic E-state index is 12.8. The van der Waals surface area contributed by atoms with Crippen LogP contribution < -0.4 is 27.4 Å². The van der Waals surface area contributed by atoms with Crippen LogP contribution in [0.4, 0.5) is 0 Å². The van der Waals surface area contributed by atoms with Crippen LogP contribution in [0.15, 0.2) is 0 Å². The molecule has 0 spiro atoms. The number of carbonyl (C=O) groups excluding carboxylic acids is 3. The number of amides is 3. The zero-order valence-corrected chi connectivity index (χ0v) is 20.1. The van der Waals surface area contributed by atoms with Crippen LogP contribution in [0.25, 0.3) is 0 Å². The normalized spacial score (nSPS) is 15.9. The average molecular weight is 478 g/mol. The fourth-order valence-corrected chi connectivity index (χ4v) is 3.22. The van der Waals surface area contributed by atoms with Gasteiger partial charge in [-0.1, -0.05) is 13.8 Å². The molecule has 12 heteroatoms. The van der Waals surface area contributed by atoms with Gasteiger partial charge in [-0.2, -0.15) is 11.8 Å². The van der Waals surface area contributed by atoms with Crippen molar-refractivity contribution in [3.8, 4) is 0 Å². The lowest BCUT2D eigenvalue weighted by molar-refractivity contribution is -0.143. The van der Waals surface area contributed by atoms with Crippen molar-refractivity contribution in [2.75, 3.05) is 18.6 Å². The summed E-state index contributed by atoms with van der Waals surface area (Å²) in [6.45, 7) is 5.26. The van der Waals surface area contributed by atoms with Gasteiger partial charge in [-0.15, -0.1) is 0 Å². The van der Waals surface area contributed by atoms with Crippen molar-refractivity contribution >= 4 is 35.5 Å². The molecule has 186 valence electrons. The Balaban J connectivity index is 5.32. The number of unbranched alkanes of at least 4 members (excludes halogenated alkanes) is 1. The summed E-state index contributed by atoms with van der Waals surface area (Å²) >= 11 is 1.48. The van der Waals surface area contributed by atoms with Crippen molar-refractivity contribution < 1.29 is 29.4 Å². The van der Waals surface area contributed by atoms with Crippen LogP contribution >= 0.6 is 11.8 Å². The summed E-state index contributed by atoms with van der Waals surface area (Å²) in [7, 11) is 0. The van der Waals surface area contributed by atoms with Crippen LogP contribution in [0.2, 0.25) is 0 Å². The third-order valence-corrected chi connectivity index (χ3v) is 5.53. The zero-order valence-electron chi connectivity index (χ0n) is 19.3. The second-order valence-electron chi connectivity index (χ2n) is 8.02. The second-order valence-corrected chi connectivity index (χ2v) is 9.01. The van der Waals surface area contributed by atoms with Gasteiger partial charge in [0.05, 0.1) is 12.1 Å². The van der Waals surface area contributed by atoms with E-state index < -0.39 is 54.0 Å². The largest absolute Gasteiger partial charge is 0.480 e. The highest BCUT2D eigenvalue weighted by atomic mass is 32.2. The second kappa shape index (κ2) is 15.8. The first-order chi connectivity index (χ1) is 15.0. The van der Waals surface area contributed by atoms with E-state index in [1.165, 1.54) is 18.7 Å². The van der Waals surface area contributed by atoms with Crippen LogP contribution in [0, 0.1) is 5.92 Å². The van der Waals surface area contributed by atoms with Crippen LogP contribution in [-0.4, -0.2) is 82.7 Å². The number of rotatable bonds is 16. The molecule has 0 saturated heterocycles. The summed E-state index contributed by atoms with van der Waals surface area (Å²) in [6.07, 6.45) is 2.10. The molecule has 0 aliphatic heterocycles. The van der Waals surface area contributed by atoms with Crippen molar-refractivity contribution in [1.82, 2.24) is 16.0 Å². The number of nitrogens with two attached hydrogens (primary N) is 2. The monoisotopic (exact) mass is 477 g/mol. The molecule has 0 radical (unpaired) electrons. The molecule has 0 rings (SSSR count). The van der Waals surface area contributed by atoms with E-state index >= 15 is 0 Å². The number of aliphatic carboxylic acids is 1. The van der Waals surface area contributed by atoms with E-state index in [2.05, 4.69) is 16.0 Å². The summed E-state index contributed by atoms with van der Waals surface area (Å²) < 4.78 is 0. The van der Waals surface area contributed by atoms with Crippen molar-refractivity contribution in [2.24, 2.45) is 17.4 Å². The Kier molecular flexibility index (Phi) is 14.9. The van der Waals surface area contributed by atoms with Crippen molar-refractivity contribution in [3.63, 3.8) is 0 Å². The van der Waals surface area contributed by atoms with Gasteiger partial charge in [-0.3, -0.25) is 14.4 Å². The number of hydrogen-bond acceptors (Lipinski definition) is 8. The Bertz CT molecular complexity index is 619. The van der Waals surface area contributed by atoms with Gasteiger partial charge < -0.3 is 37.6 Å². The van der Waals surface area contributed by atoms with Gasteiger partial charge in [0.1, 0.15) is 18.1 Å². The fraction of sp³-hybridized carbons (Fsp3) is 0.800. The molecule has 5 unspecified atom stereocenters. The van der Waals surface area contributed by atoms with Crippen molar-refractivity contribution in [2.45, 2.75) is 76.7 Å². The zero-order chi connectivity index (χ0) is 24.8. The van der Waals surface area contributed by atoms with Gasteiger partial charge in [-0.05, 0) is 57.1 Å². The topological polar surface area (TPSA) is 197 Å². The Hall–Kier alpha value is -1.89. The maximum atomic E-state index is 12.8. The van der Waals surface area contributed by atoms with Crippen LogP contribution in [-0.2, 0) is 19.2 Å². The van der Waals surface area contributed by atoms with E-state index in [0.29, 0.717) is 25.1 Å². The third kappa shape index (κ3) is 11.1. The van der Waals surface area contributed by atoms with Crippen LogP contribution in [0.3, 0.4) is 0 Å². The highest BCUT2D eigenvalue weighted by Crippen LogP contribution is 2.07. The van der Waals surface area contributed by atoms with Gasteiger partial charge in [-0.25, -0.2) is 4.79 Å². The molecule has 3 amide bonds. The number of aliphatic hydroxyl groups excluding tert-OH is 1. The number of carboxylic acids is 1. The molecule has 0 saturated carbocycles. The maximum Gasteiger partial charge on any atom is 0.326 e. The quantitative estimate of drug-likeness (QED) is 0.133. The van der Waals surface area contributed by atoms with Gasteiger partial charge >= 0.3 is 5.97 Å². The van der Waals surface area contributed by atoms with E-state index in [0.717, 1.165) is 0 Å². The number of aliphatic hydroxyl groups is 1. The average Bonchev–Trinajstić information content (AvgIpc) is 2.72. The molecule has 11 nitrogen and oxygen atoms in total. The number of carboxylic acid groups (broad SMARTS) is 1. The van der Waals surface area contributed by atoms with E-state index in [-0.39, 0.29) is 18.8 Å². The van der Waals surface area contributed by atoms with E-state index in [9.17, 15) is 29.4 Å². The molecular weight excluding hydrogens is 438 g/mol. The molecule has 9 N–H and O–H groups in total. The van der Waals surface area contributed by atoms with Gasteiger partial charge in [0.15, 0.2) is 0 Å². The first-order valence-electron chi connectivity index (χ1n) is 10.7. The predicted molar refractivity (Wildman–Crippen MR) is 124 cm³/mol. The summed E-state index contributed by atoms with van der Waals surface area (Å²) in [5, 5.41) is 26.8. The summed E-state index contributed by atoms with van der Waals surface area (Å²) in [6, 6.07) is -4.34. The van der Waals surface area contributed by atoms with E-state index in [1.807, 2.05) is 6.26 Å². The number of carbonyl (C=O) groups is 4. The minimum atomic E-state index is -1.40. The highest BCUT2D eigenvalue weighted by molar-refractivity contribution is 7.98.